The van der Waals surface area contributed by atoms with Crippen LogP contribution in [0.25, 0.3) is 0 Å². The van der Waals surface area contributed by atoms with E-state index in [4.69, 9.17) is 4.74 Å². The lowest BCUT2D eigenvalue weighted by Crippen LogP contribution is -2.46. The molecule has 0 saturated carbocycles. The molecule has 4 heteroatoms. The van der Waals surface area contributed by atoms with Gasteiger partial charge in [0.15, 0.2) is 0 Å². The molecule has 1 amide bonds. The van der Waals surface area contributed by atoms with E-state index in [1.807, 2.05) is 6.92 Å². The van der Waals surface area contributed by atoms with Gasteiger partial charge in [-0.2, -0.15) is 0 Å². The Bertz CT molecular complexity index is 396. The summed E-state index contributed by atoms with van der Waals surface area (Å²) in [5, 5.41) is 9.20. The fraction of sp³-hybridized carbons (Fsp3) is 0.500. The Labute approximate surface area is 108 Å². The topological polar surface area (TPSA) is 49.8 Å². The van der Waals surface area contributed by atoms with Crippen molar-refractivity contribution in [1.29, 1.82) is 0 Å². The summed E-state index contributed by atoms with van der Waals surface area (Å²) < 4.78 is 5.30. The number of ether oxygens (including phenoxy) is 1. The summed E-state index contributed by atoms with van der Waals surface area (Å²) in [6.07, 6.45) is 0.627. The van der Waals surface area contributed by atoms with E-state index in [1.165, 1.54) is 0 Å². The van der Waals surface area contributed by atoms with E-state index in [0.717, 1.165) is 5.56 Å². The lowest BCUT2D eigenvalue weighted by Gasteiger charge is -2.30. The van der Waals surface area contributed by atoms with Crippen molar-refractivity contribution in [3.05, 3.63) is 29.8 Å². The van der Waals surface area contributed by atoms with Crippen molar-refractivity contribution < 1.29 is 14.6 Å². The van der Waals surface area contributed by atoms with E-state index < -0.39 is 5.60 Å². The molecule has 0 aliphatic rings. The number of aromatic hydroxyl groups is 1. The third-order valence-corrected chi connectivity index (χ3v) is 3.28. The predicted octanol–water partition coefficient (Wildman–Crippen LogP) is 2.17. The number of phenols is 1. The molecule has 0 bridgehead atoms. The Morgan fingerprint density at radius 1 is 1.39 bits per heavy atom. The quantitative estimate of drug-likeness (QED) is 0.872. The third-order valence-electron chi connectivity index (χ3n) is 3.28. The van der Waals surface area contributed by atoms with Crippen LogP contribution >= 0.6 is 0 Å². The molecule has 1 aromatic rings. The van der Waals surface area contributed by atoms with Crippen molar-refractivity contribution in [3.8, 4) is 5.75 Å². The number of hydrogen-bond acceptors (Lipinski definition) is 3. The maximum Gasteiger partial charge on any atom is 0.254 e. The van der Waals surface area contributed by atoms with Gasteiger partial charge in [0.05, 0.1) is 0 Å². The highest BCUT2D eigenvalue weighted by molar-refractivity contribution is 5.84. The standard InChI is InChI=1S/C14H21NO3/c1-5-14(2,18-4)13(17)15(3)10-11-6-8-12(16)9-7-11/h6-9,16H,5,10H2,1-4H3. The second-order valence-electron chi connectivity index (χ2n) is 4.62. The van der Waals surface area contributed by atoms with Crippen molar-refractivity contribution in [2.24, 2.45) is 0 Å². The maximum atomic E-state index is 12.2. The molecule has 0 fully saturated rings. The average molecular weight is 251 g/mol. The molecule has 0 radical (unpaired) electrons. The van der Waals surface area contributed by atoms with Crippen molar-refractivity contribution >= 4 is 5.91 Å². The first-order valence-corrected chi connectivity index (χ1v) is 6.01. The monoisotopic (exact) mass is 251 g/mol. The molecular weight excluding hydrogens is 230 g/mol. The van der Waals surface area contributed by atoms with Crippen LogP contribution in [-0.4, -0.2) is 35.7 Å². The van der Waals surface area contributed by atoms with E-state index in [2.05, 4.69) is 0 Å². The van der Waals surface area contributed by atoms with Gasteiger partial charge < -0.3 is 14.7 Å². The molecule has 4 nitrogen and oxygen atoms in total. The molecule has 1 rings (SSSR count). The molecule has 0 aliphatic carbocycles. The van der Waals surface area contributed by atoms with Gasteiger partial charge in [0, 0.05) is 20.7 Å². The molecule has 1 aromatic carbocycles. The van der Waals surface area contributed by atoms with Gasteiger partial charge in [0.1, 0.15) is 11.4 Å². The van der Waals surface area contributed by atoms with Crippen LogP contribution in [0.1, 0.15) is 25.8 Å². The van der Waals surface area contributed by atoms with Gasteiger partial charge in [0.25, 0.3) is 5.91 Å². The summed E-state index contributed by atoms with van der Waals surface area (Å²) in [5.41, 5.74) is 0.198. The number of phenolic OH excluding ortho intramolecular Hbond substituents is 1. The lowest BCUT2D eigenvalue weighted by molar-refractivity contribution is -0.152. The molecule has 0 spiro atoms. The number of methoxy groups -OCH3 is 1. The van der Waals surface area contributed by atoms with E-state index in [9.17, 15) is 9.90 Å². The Morgan fingerprint density at radius 2 is 1.94 bits per heavy atom. The van der Waals surface area contributed by atoms with Gasteiger partial charge in [-0.3, -0.25) is 4.79 Å². The van der Waals surface area contributed by atoms with Gasteiger partial charge in [0.2, 0.25) is 0 Å². The number of amides is 1. The summed E-state index contributed by atoms with van der Waals surface area (Å²) in [5.74, 6) is 0.184. The number of carbonyl (C=O) groups is 1. The molecule has 0 heterocycles. The molecule has 0 aliphatic heterocycles. The number of nitrogens with zero attached hydrogens (tertiary/aromatic N) is 1. The largest absolute Gasteiger partial charge is 0.508 e. The van der Waals surface area contributed by atoms with Gasteiger partial charge in [-0.15, -0.1) is 0 Å². The highest BCUT2D eigenvalue weighted by Gasteiger charge is 2.33. The van der Waals surface area contributed by atoms with Crippen LogP contribution in [-0.2, 0) is 16.1 Å². The first kappa shape index (κ1) is 14.5. The zero-order valence-electron chi connectivity index (χ0n) is 11.4. The molecule has 100 valence electrons. The fourth-order valence-electron chi connectivity index (χ4n) is 1.73. The average Bonchev–Trinajstić information content (AvgIpc) is 2.39. The first-order chi connectivity index (χ1) is 8.42. The molecule has 0 saturated heterocycles. The Morgan fingerprint density at radius 3 is 2.39 bits per heavy atom. The summed E-state index contributed by atoms with van der Waals surface area (Å²) in [4.78, 5) is 13.9. The second-order valence-corrected chi connectivity index (χ2v) is 4.62. The molecule has 1 unspecified atom stereocenters. The van der Waals surface area contributed by atoms with Gasteiger partial charge in [-0.1, -0.05) is 19.1 Å². The Kier molecular flexibility index (Phi) is 4.73. The molecule has 18 heavy (non-hydrogen) atoms. The molecule has 1 atom stereocenters. The number of carbonyl (C=O) groups excluding carboxylic acids is 1. The van der Waals surface area contributed by atoms with Crippen LogP contribution in [0.2, 0.25) is 0 Å². The van der Waals surface area contributed by atoms with Crippen LogP contribution in [0, 0.1) is 0 Å². The van der Waals surface area contributed by atoms with E-state index in [-0.39, 0.29) is 11.7 Å². The van der Waals surface area contributed by atoms with E-state index >= 15 is 0 Å². The van der Waals surface area contributed by atoms with Crippen LogP contribution in [0.15, 0.2) is 24.3 Å². The minimum atomic E-state index is -0.772. The van der Waals surface area contributed by atoms with Gasteiger partial charge >= 0.3 is 0 Å². The van der Waals surface area contributed by atoms with Crippen molar-refractivity contribution in [2.75, 3.05) is 14.2 Å². The van der Waals surface area contributed by atoms with Gasteiger partial charge in [-0.25, -0.2) is 0 Å². The highest BCUT2D eigenvalue weighted by Crippen LogP contribution is 2.19. The minimum absolute atomic E-state index is 0.0411. The minimum Gasteiger partial charge on any atom is -0.508 e. The van der Waals surface area contributed by atoms with Crippen LogP contribution in [0.3, 0.4) is 0 Å². The summed E-state index contributed by atoms with van der Waals surface area (Å²) >= 11 is 0. The number of benzene rings is 1. The smallest absolute Gasteiger partial charge is 0.254 e. The maximum absolute atomic E-state index is 12.2. The third kappa shape index (κ3) is 3.23. The highest BCUT2D eigenvalue weighted by atomic mass is 16.5. The number of hydrogen-bond donors (Lipinski definition) is 1. The normalized spacial score (nSPS) is 14.0. The van der Waals surface area contributed by atoms with E-state index in [1.54, 1.807) is 50.2 Å². The summed E-state index contributed by atoms with van der Waals surface area (Å²) in [7, 11) is 3.30. The summed E-state index contributed by atoms with van der Waals surface area (Å²) in [6, 6.07) is 6.83. The Balaban J connectivity index is 2.73. The van der Waals surface area contributed by atoms with Crippen molar-refractivity contribution in [2.45, 2.75) is 32.4 Å². The lowest BCUT2D eigenvalue weighted by atomic mass is 10.0. The van der Waals surface area contributed by atoms with Crippen LogP contribution in [0.4, 0.5) is 0 Å². The molecular formula is C14H21NO3. The number of rotatable bonds is 5. The molecule has 1 N–H and O–H groups in total. The van der Waals surface area contributed by atoms with Crippen molar-refractivity contribution in [1.82, 2.24) is 4.90 Å². The SMILES string of the molecule is CCC(C)(OC)C(=O)N(C)Cc1ccc(O)cc1. The Hall–Kier alpha value is -1.55. The van der Waals surface area contributed by atoms with Crippen molar-refractivity contribution in [3.63, 3.8) is 0 Å². The van der Waals surface area contributed by atoms with Crippen LogP contribution < -0.4 is 0 Å². The number of likely N-dealkylation sites (N-methyl/N-ethyl adjacent to an activating group) is 1. The van der Waals surface area contributed by atoms with Gasteiger partial charge in [-0.05, 0) is 31.0 Å². The summed E-state index contributed by atoms with van der Waals surface area (Å²) in [6.45, 7) is 4.22. The van der Waals surface area contributed by atoms with E-state index in [0.29, 0.717) is 13.0 Å². The zero-order valence-corrected chi connectivity index (χ0v) is 11.4. The first-order valence-electron chi connectivity index (χ1n) is 6.01. The zero-order chi connectivity index (χ0) is 13.8. The predicted molar refractivity (Wildman–Crippen MR) is 70.3 cm³/mol. The fourth-order valence-corrected chi connectivity index (χ4v) is 1.73. The van der Waals surface area contributed by atoms with Crippen LogP contribution in [0.5, 0.6) is 5.75 Å². The molecule has 0 aromatic heterocycles. The second kappa shape index (κ2) is 5.87.